The molecule has 0 bridgehead atoms. The first-order chi connectivity index (χ1) is 8.31. The molecule has 2 rings (SSSR count). The van der Waals surface area contributed by atoms with Gasteiger partial charge in [-0.1, -0.05) is 19.3 Å². The molecule has 1 saturated carbocycles. The van der Waals surface area contributed by atoms with E-state index in [0.717, 1.165) is 0 Å². The lowest BCUT2D eigenvalue weighted by atomic mass is 9.90. The normalized spacial score (nSPS) is 16.4. The second-order valence-electron chi connectivity index (χ2n) is 4.50. The van der Waals surface area contributed by atoms with Gasteiger partial charge in [-0.3, -0.25) is 0 Å². The molecular formula is C13H17N3O. The minimum absolute atomic E-state index is 0.353. The molecule has 90 valence electrons. The van der Waals surface area contributed by atoms with Crippen molar-refractivity contribution in [2.75, 3.05) is 12.3 Å². The SMILES string of the molecule is N#Cc1ccnc(OCC2CCCCC2)c1N. The lowest BCUT2D eigenvalue weighted by Gasteiger charge is -2.21. The van der Waals surface area contributed by atoms with Crippen LogP contribution in [0.5, 0.6) is 5.88 Å². The summed E-state index contributed by atoms with van der Waals surface area (Å²) in [6, 6.07) is 3.63. The van der Waals surface area contributed by atoms with Gasteiger partial charge in [0.2, 0.25) is 5.88 Å². The van der Waals surface area contributed by atoms with Crippen LogP contribution in [0, 0.1) is 17.2 Å². The average Bonchev–Trinajstić information content (AvgIpc) is 2.39. The van der Waals surface area contributed by atoms with Crippen LogP contribution < -0.4 is 10.5 Å². The smallest absolute Gasteiger partial charge is 0.238 e. The molecule has 2 N–H and O–H groups in total. The number of nitriles is 1. The summed E-state index contributed by atoms with van der Waals surface area (Å²) in [5, 5.41) is 8.85. The highest BCUT2D eigenvalue weighted by molar-refractivity contribution is 5.59. The quantitative estimate of drug-likeness (QED) is 0.867. The summed E-state index contributed by atoms with van der Waals surface area (Å²) in [5.74, 6) is 1.00. The third-order valence-corrected chi connectivity index (χ3v) is 3.25. The summed E-state index contributed by atoms with van der Waals surface area (Å²) in [4.78, 5) is 4.07. The molecule has 4 heteroatoms. The number of anilines is 1. The largest absolute Gasteiger partial charge is 0.476 e. The van der Waals surface area contributed by atoms with E-state index in [4.69, 9.17) is 15.7 Å². The Morgan fingerprint density at radius 3 is 2.88 bits per heavy atom. The topological polar surface area (TPSA) is 71.9 Å². The van der Waals surface area contributed by atoms with E-state index in [1.54, 1.807) is 12.3 Å². The zero-order chi connectivity index (χ0) is 12.1. The van der Waals surface area contributed by atoms with E-state index in [1.165, 1.54) is 32.1 Å². The highest BCUT2D eigenvalue weighted by Gasteiger charge is 2.15. The molecule has 17 heavy (non-hydrogen) atoms. The molecule has 0 aliphatic heterocycles. The van der Waals surface area contributed by atoms with Gasteiger partial charge in [0.15, 0.2) is 0 Å². The molecule has 1 aliphatic carbocycles. The molecule has 0 aromatic carbocycles. The Hall–Kier alpha value is -1.76. The molecule has 0 radical (unpaired) electrons. The molecule has 4 nitrogen and oxygen atoms in total. The standard InChI is InChI=1S/C13H17N3O/c14-8-11-6-7-16-13(12(11)15)17-9-10-4-2-1-3-5-10/h6-7,10H,1-5,9,15H2. The van der Waals surface area contributed by atoms with Crippen molar-refractivity contribution in [3.8, 4) is 11.9 Å². The molecule has 0 spiro atoms. The van der Waals surface area contributed by atoms with E-state index in [2.05, 4.69) is 4.98 Å². The molecule has 1 heterocycles. The first-order valence-corrected chi connectivity index (χ1v) is 6.08. The fraction of sp³-hybridized carbons (Fsp3) is 0.538. The number of pyridine rings is 1. The van der Waals surface area contributed by atoms with E-state index in [9.17, 15) is 0 Å². The maximum absolute atomic E-state index is 8.85. The van der Waals surface area contributed by atoms with Gasteiger partial charge in [-0.25, -0.2) is 4.98 Å². The van der Waals surface area contributed by atoms with Crippen molar-refractivity contribution in [3.63, 3.8) is 0 Å². The second-order valence-corrected chi connectivity index (χ2v) is 4.50. The molecular weight excluding hydrogens is 214 g/mol. The van der Waals surface area contributed by atoms with Crippen molar-refractivity contribution >= 4 is 5.69 Å². The number of ether oxygens (including phenoxy) is 1. The van der Waals surface area contributed by atoms with Crippen LogP contribution in [0.1, 0.15) is 37.7 Å². The van der Waals surface area contributed by atoms with Gasteiger partial charge in [-0.2, -0.15) is 5.26 Å². The number of rotatable bonds is 3. The first-order valence-electron chi connectivity index (χ1n) is 6.08. The number of nitrogen functional groups attached to an aromatic ring is 1. The lowest BCUT2D eigenvalue weighted by molar-refractivity contribution is 0.204. The molecule has 1 aromatic heterocycles. The molecule has 0 unspecified atom stereocenters. The van der Waals surface area contributed by atoms with Crippen LogP contribution in [0.4, 0.5) is 5.69 Å². The van der Waals surface area contributed by atoms with Crippen molar-refractivity contribution < 1.29 is 4.74 Å². The fourth-order valence-corrected chi connectivity index (χ4v) is 2.22. The van der Waals surface area contributed by atoms with Gasteiger partial charge in [0.25, 0.3) is 0 Å². The first kappa shape index (κ1) is 11.7. The summed E-state index contributed by atoms with van der Waals surface area (Å²) in [6.45, 7) is 0.659. The third kappa shape index (κ3) is 2.88. The summed E-state index contributed by atoms with van der Waals surface area (Å²) in [7, 11) is 0. The highest BCUT2D eigenvalue weighted by atomic mass is 16.5. The average molecular weight is 231 g/mol. The van der Waals surface area contributed by atoms with E-state index in [-0.39, 0.29) is 0 Å². The maximum Gasteiger partial charge on any atom is 0.238 e. The molecule has 0 amide bonds. The van der Waals surface area contributed by atoms with Crippen LogP contribution in [-0.4, -0.2) is 11.6 Å². The Kier molecular flexibility index (Phi) is 3.81. The van der Waals surface area contributed by atoms with Gasteiger partial charge >= 0.3 is 0 Å². The van der Waals surface area contributed by atoms with Crippen LogP contribution in [0.25, 0.3) is 0 Å². The monoisotopic (exact) mass is 231 g/mol. The van der Waals surface area contributed by atoms with Crippen LogP contribution in [-0.2, 0) is 0 Å². The number of nitrogens with zero attached hydrogens (tertiary/aromatic N) is 2. The van der Waals surface area contributed by atoms with Gasteiger partial charge in [0.05, 0.1) is 12.2 Å². The van der Waals surface area contributed by atoms with Crippen molar-refractivity contribution in [3.05, 3.63) is 17.8 Å². The summed E-state index contributed by atoms with van der Waals surface area (Å²) in [5.41, 5.74) is 6.58. The van der Waals surface area contributed by atoms with Gasteiger partial charge in [-0.05, 0) is 24.8 Å². The Morgan fingerprint density at radius 1 is 1.41 bits per heavy atom. The van der Waals surface area contributed by atoms with Crippen molar-refractivity contribution in [2.24, 2.45) is 5.92 Å². The van der Waals surface area contributed by atoms with Crippen molar-refractivity contribution in [1.29, 1.82) is 5.26 Å². The summed E-state index contributed by atoms with van der Waals surface area (Å²) < 4.78 is 5.63. The van der Waals surface area contributed by atoms with Crippen LogP contribution in [0.3, 0.4) is 0 Å². The van der Waals surface area contributed by atoms with E-state index >= 15 is 0 Å². The molecule has 0 atom stereocenters. The van der Waals surface area contributed by atoms with E-state index < -0.39 is 0 Å². The number of aromatic nitrogens is 1. The summed E-state index contributed by atoms with van der Waals surface area (Å²) in [6.07, 6.45) is 7.91. The number of nitrogens with two attached hydrogens (primary N) is 1. The van der Waals surface area contributed by atoms with Gasteiger partial charge < -0.3 is 10.5 Å². The Labute approximate surface area is 101 Å². The Balaban J connectivity index is 1.96. The number of hydrogen-bond acceptors (Lipinski definition) is 4. The van der Waals surface area contributed by atoms with E-state index in [1.807, 2.05) is 6.07 Å². The molecule has 1 aromatic rings. The molecule has 1 aliphatic rings. The third-order valence-electron chi connectivity index (χ3n) is 3.25. The number of hydrogen-bond donors (Lipinski definition) is 1. The Morgan fingerprint density at radius 2 is 2.18 bits per heavy atom. The summed E-state index contributed by atoms with van der Waals surface area (Å²) >= 11 is 0. The van der Waals surface area contributed by atoms with Crippen LogP contribution >= 0.6 is 0 Å². The zero-order valence-electron chi connectivity index (χ0n) is 9.85. The van der Waals surface area contributed by atoms with Gasteiger partial charge in [0.1, 0.15) is 11.8 Å². The van der Waals surface area contributed by atoms with Gasteiger partial charge in [0, 0.05) is 6.20 Å². The van der Waals surface area contributed by atoms with Crippen molar-refractivity contribution in [2.45, 2.75) is 32.1 Å². The highest BCUT2D eigenvalue weighted by Crippen LogP contribution is 2.26. The second kappa shape index (κ2) is 5.53. The predicted molar refractivity (Wildman–Crippen MR) is 65.4 cm³/mol. The lowest BCUT2D eigenvalue weighted by Crippen LogP contribution is -2.16. The molecule has 1 fully saturated rings. The van der Waals surface area contributed by atoms with Crippen LogP contribution in [0.15, 0.2) is 12.3 Å². The van der Waals surface area contributed by atoms with Gasteiger partial charge in [-0.15, -0.1) is 0 Å². The van der Waals surface area contributed by atoms with Crippen LogP contribution in [0.2, 0.25) is 0 Å². The molecule has 0 saturated heterocycles. The zero-order valence-corrected chi connectivity index (χ0v) is 9.85. The Bertz CT molecular complexity index is 419. The minimum Gasteiger partial charge on any atom is -0.476 e. The van der Waals surface area contributed by atoms with Crippen molar-refractivity contribution in [1.82, 2.24) is 4.98 Å². The predicted octanol–water partition coefficient (Wildman–Crippen LogP) is 2.49. The van der Waals surface area contributed by atoms with E-state index in [0.29, 0.717) is 29.7 Å². The fourth-order valence-electron chi connectivity index (χ4n) is 2.22. The minimum atomic E-state index is 0.353. The maximum atomic E-state index is 8.85.